The molecule has 0 radical (unpaired) electrons. The number of hydrogen-bond acceptors (Lipinski definition) is 5. The van der Waals surface area contributed by atoms with Crippen LogP contribution in [0, 0.1) is 10.1 Å². The Kier molecular flexibility index (Phi) is 4.84. The SMILES string of the molecule is CC(=O)N1N=C(c2cc(Cl)cc(Cl)c2O)CC1c1ccc([N+](=O)[O-])cc1. The predicted octanol–water partition coefficient (Wildman–Crippen LogP) is 4.30. The highest BCUT2D eigenvalue weighted by Gasteiger charge is 2.33. The molecule has 3 rings (SSSR count). The normalized spacial score (nSPS) is 16.5. The topological polar surface area (TPSA) is 96.0 Å². The highest BCUT2D eigenvalue weighted by Crippen LogP contribution is 2.38. The Morgan fingerprint density at radius 2 is 1.96 bits per heavy atom. The number of rotatable bonds is 3. The van der Waals surface area contributed by atoms with Gasteiger partial charge in [0.15, 0.2) is 0 Å². The molecule has 1 heterocycles. The molecular weight excluding hydrogens is 381 g/mol. The standard InChI is InChI=1S/C17H13Cl2N3O4/c1-9(23)21-16(10-2-4-12(5-3-10)22(25)26)8-15(20-21)13-6-11(18)7-14(19)17(13)24/h2-7,16,24H,8H2,1H3. The molecule has 1 amide bonds. The molecule has 0 bridgehead atoms. The number of benzene rings is 2. The van der Waals surface area contributed by atoms with Crippen molar-refractivity contribution in [2.45, 2.75) is 19.4 Å². The third-order valence-electron chi connectivity index (χ3n) is 4.06. The number of nitro benzene ring substituents is 1. The Labute approximate surface area is 158 Å². The van der Waals surface area contributed by atoms with Crippen LogP contribution in [0.25, 0.3) is 0 Å². The van der Waals surface area contributed by atoms with E-state index in [9.17, 15) is 20.0 Å². The molecule has 26 heavy (non-hydrogen) atoms. The minimum Gasteiger partial charge on any atom is -0.506 e. The number of aromatic hydroxyl groups is 1. The summed E-state index contributed by atoms with van der Waals surface area (Å²) >= 11 is 12.0. The van der Waals surface area contributed by atoms with Gasteiger partial charge in [0.1, 0.15) is 5.75 Å². The van der Waals surface area contributed by atoms with Gasteiger partial charge in [0.25, 0.3) is 5.69 Å². The van der Waals surface area contributed by atoms with E-state index in [4.69, 9.17) is 23.2 Å². The summed E-state index contributed by atoms with van der Waals surface area (Å²) in [6.45, 7) is 1.37. The summed E-state index contributed by atoms with van der Waals surface area (Å²) in [6, 6.07) is 8.41. The number of phenols is 1. The van der Waals surface area contributed by atoms with Crippen LogP contribution in [0.4, 0.5) is 5.69 Å². The molecule has 0 saturated carbocycles. The van der Waals surface area contributed by atoms with Gasteiger partial charge in [-0.25, -0.2) is 5.01 Å². The zero-order valence-corrected chi connectivity index (χ0v) is 15.0. The molecule has 0 saturated heterocycles. The van der Waals surface area contributed by atoms with Crippen molar-refractivity contribution in [1.29, 1.82) is 0 Å². The average Bonchev–Trinajstić information content (AvgIpc) is 3.03. The van der Waals surface area contributed by atoms with E-state index < -0.39 is 11.0 Å². The van der Waals surface area contributed by atoms with Crippen LogP contribution in [0.2, 0.25) is 10.0 Å². The van der Waals surface area contributed by atoms with Gasteiger partial charge in [0.05, 0.1) is 21.7 Å². The number of hydrogen-bond donors (Lipinski definition) is 1. The molecule has 1 aliphatic rings. The van der Waals surface area contributed by atoms with Crippen LogP contribution in [0.3, 0.4) is 0 Å². The number of carbonyl (C=O) groups excluding carboxylic acids is 1. The van der Waals surface area contributed by atoms with Gasteiger partial charge in [-0.05, 0) is 17.7 Å². The van der Waals surface area contributed by atoms with Crippen molar-refractivity contribution in [2.75, 3.05) is 0 Å². The van der Waals surface area contributed by atoms with Crippen molar-refractivity contribution < 1.29 is 14.8 Å². The molecule has 1 aliphatic heterocycles. The van der Waals surface area contributed by atoms with E-state index in [0.29, 0.717) is 28.3 Å². The third-order valence-corrected chi connectivity index (χ3v) is 4.57. The smallest absolute Gasteiger partial charge is 0.269 e. The van der Waals surface area contributed by atoms with Gasteiger partial charge in [0.2, 0.25) is 5.91 Å². The Hall–Kier alpha value is -2.64. The third kappa shape index (κ3) is 3.36. The molecular formula is C17H13Cl2N3O4. The summed E-state index contributed by atoms with van der Waals surface area (Å²) < 4.78 is 0. The molecule has 0 aromatic heterocycles. The number of amides is 1. The zero-order chi connectivity index (χ0) is 19.0. The molecule has 0 spiro atoms. The predicted molar refractivity (Wildman–Crippen MR) is 97.6 cm³/mol. The minimum absolute atomic E-state index is 0.0402. The summed E-state index contributed by atoms with van der Waals surface area (Å²) in [6.07, 6.45) is 0.307. The summed E-state index contributed by atoms with van der Waals surface area (Å²) in [4.78, 5) is 22.3. The quantitative estimate of drug-likeness (QED) is 0.620. The first-order chi connectivity index (χ1) is 12.3. The maximum absolute atomic E-state index is 12.0. The van der Waals surface area contributed by atoms with Crippen molar-refractivity contribution >= 4 is 40.5 Å². The first-order valence-corrected chi connectivity index (χ1v) is 8.33. The second kappa shape index (κ2) is 6.93. The van der Waals surface area contributed by atoms with Crippen LogP contribution in [0.5, 0.6) is 5.75 Å². The van der Waals surface area contributed by atoms with E-state index in [1.165, 1.54) is 36.2 Å². The van der Waals surface area contributed by atoms with Crippen LogP contribution in [0.15, 0.2) is 41.5 Å². The second-order valence-corrected chi connectivity index (χ2v) is 6.61. The van der Waals surface area contributed by atoms with Crippen LogP contribution >= 0.6 is 23.2 Å². The number of nitro groups is 1. The Balaban J connectivity index is 1.98. The molecule has 134 valence electrons. The van der Waals surface area contributed by atoms with Crippen LogP contribution < -0.4 is 0 Å². The van der Waals surface area contributed by atoms with E-state index in [1.54, 1.807) is 12.1 Å². The highest BCUT2D eigenvalue weighted by atomic mass is 35.5. The van der Waals surface area contributed by atoms with E-state index in [0.717, 1.165) is 0 Å². The lowest BCUT2D eigenvalue weighted by Crippen LogP contribution is -2.24. The van der Waals surface area contributed by atoms with Gasteiger partial charge in [-0.1, -0.05) is 35.3 Å². The number of halogens is 2. The monoisotopic (exact) mass is 393 g/mol. The van der Waals surface area contributed by atoms with Crippen LogP contribution in [0.1, 0.15) is 30.5 Å². The van der Waals surface area contributed by atoms with Crippen LogP contribution in [-0.4, -0.2) is 26.7 Å². The van der Waals surface area contributed by atoms with Crippen molar-refractivity contribution in [3.05, 3.63) is 67.7 Å². The summed E-state index contributed by atoms with van der Waals surface area (Å²) in [7, 11) is 0. The Morgan fingerprint density at radius 1 is 1.31 bits per heavy atom. The number of carbonyl (C=O) groups is 1. The number of phenolic OH excluding ortho intramolecular Hbond substituents is 1. The molecule has 7 nitrogen and oxygen atoms in total. The second-order valence-electron chi connectivity index (χ2n) is 5.76. The first-order valence-electron chi connectivity index (χ1n) is 7.58. The van der Waals surface area contributed by atoms with Crippen LogP contribution in [-0.2, 0) is 4.79 Å². The molecule has 0 aliphatic carbocycles. The fraction of sp³-hybridized carbons (Fsp3) is 0.176. The van der Waals surface area contributed by atoms with Gasteiger partial charge >= 0.3 is 0 Å². The molecule has 9 heteroatoms. The lowest BCUT2D eigenvalue weighted by Gasteiger charge is -2.20. The number of hydrazone groups is 1. The van der Waals surface area contributed by atoms with E-state index in [1.807, 2.05) is 0 Å². The molecule has 1 atom stereocenters. The molecule has 2 aromatic rings. The molecule has 1 N–H and O–H groups in total. The van der Waals surface area contributed by atoms with Crippen molar-refractivity contribution in [3.63, 3.8) is 0 Å². The average molecular weight is 394 g/mol. The number of non-ortho nitro benzene ring substituents is 1. The first kappa shape index (κ1) is 18.2. The van der Waals surface area contributed by atoms with Gasteiger partial charge < -0.3 is 5.11 Å². The summed E-state index contributed by atoms with van der Waals surface area (Å²) in [5.41, 5.74) is 1.45. The Bertz CT molecular complexity index is 928. The fourth-order valence-electron chi connectivity index (χ4n) is 2.83. The van der Waals surface area contributed by atoms with E-state index in [-0.39, 0.29) is 22.4 Å². The van der Waals surface area contributed by atoms with Gasteiger partial charge in [-0.15, -0.1) is 0 Å². The molecule has 0 fully saturated rings. The van der Waals surface area contributed by atoms with Crippen molar-refractivity contribution in [3.8, 4) is 5.75 Å². The number of nitrogens with zero attached hydrogens (tertiary/aromatic N) is 3. The van der Waals surface area contributed by atoms with Gasteiger partial charge in [-0.3, -0.25) is 14.9 Å². The highest BCUT2D eigenvalue weighted by molar-refractivity contribution is 6.36. The van der Waals surface area contributed by atoms with Gasteiger partial charge in [-0.2, -0.15) is 5.10 Å². The van der Waals surface area contributed by atoms with Crippen molar-refractivity contribution in [1.82, 2.24) is 5.01 Å². The van der Waals surface area contributed by atoms with Crippen molar-refractivity contribution in [2.24, 2.45) is 5.10 Å². The van der Waals surface area contributed by atoms with Gasteiger partial charge in [0, 0.05) is 36.1 Å². The van der Waals surface area contributed by atoms with E-state index in [2.05, 4.69) is 5.10 Å². The molecule has 1 unspecified atom stereocenters. The zero-order valence-electron chi connectivity index (χ0n) is 13.5. The maximum Gasteiger partial charge on any atom is 0.269 e. The Morgan fingerprint density at radius 3 is 2.54 bits per heavy atom. The van der Waals surface area contributed by atoms with E-state index >= 15 is 0 Å². The molecule has 2 aromatic carbocycles. The lowest BCUT2D eigenvalue weighted by atomic mass is 9.97. The summed E-state index contributed by atoms with van der Waals surface area (Å²) in [5.74, 6) is -0.460. The fourth-order valence-corrected chi connectivity index (χ4v) is 3.32. The lowest BCUT2D eigenvalue weighted by molar-refractivity contribution is -0.384. The largest absolute Gasteiger partial charge is 0.506 e. The summed E-state index contributed by atoms with van der Waals surface area (Å²) in [5, 5.41) is 27.0. The minimum atomic E-state index is -0.491. The maximum atomic E-state index is 12.0.